The summed E-state index contributed by atoms with van der Waals surface area (Å²) in [5.41, 5.74) is 15.5. The fourth-order valence-electron chi connectivity index (χ4n) is 11.0. The molecule has 14 rings (SSSR count). The molecule has 0 aliphatic carbocycles. The minimum absolute atomic E-state index is 0.568. The zero-order chi connectivity index (χ0) is 43.5. The van der Waals surface area contributed by atoms with E-state index >= 15 is 0 Å². The summed E-state index contributed by atoms with van der Waals surface area (Å²) in [4.78, 5) is 4.47. The van der Waals surface area contributed by atoms with Gasteiger partial charge in [0.1, 0.15) is 0 Å². The highest BCUT2D eigenvalue weighted by atomic mass is 15.0. The third-order valence-corrected chi connectivity index (χ3v) is 13.7. The van der Waals surface area contributed by atoms with Crippen LogP contribution in [0.5, 0.6) is 0 Å². The fourth-order valence-corrected chi connectivity index (χ4v) is 11.0. The van der Waals surface area contributed by atoms with Crippen LogP contribution in [0, 0.1) is 11.3 Å². The Hall–Kier alpha value is -9.18. The normalized spacial score (nSPS) is 11.9. The van der Waals surface area contributed by atoms with Crippen molar-refractivity contribution in [2.45, 2.75) is 0 Å². The van der Waals surface area contributed by atoms with Crippen LogP contribution in [0.2, 0.25) is 0 Å². The first-order valence-corrected chi connectivity index (χ1v) is 22.3. The third-order valence-electron chi connectivity index (χ3n) is 13.7. The van der Waals surface area contributed by atoms with Gasteiger partial charge in [0.25, 0.3) is 0 Å². The van der Waals surface area contributed by atoms with Crippen molar-refractivity contribution < 1.29 is 0 Å². The summed E-state index contributed by atoms with van der Waals surface area (Å²) in [6, 6.07) is 76.3. The topological polar surface area (TPSA) is 56.4 Å². The van der Waals surface area contributed by atoms with Crippen molar-refractivity contribution in [2.75, 3.05) is 0 Å². The summed E-state index contributed by atoms with van der Waals surface area (Å²) in [6.45, 7) is 0. The number of rotatable bonds is 5. The summed E-state index contributed by atoms with van der Waals surface area (Å²) in [5.74, 6) is 0. The van der Waals surface area contributed by atoms with Crippen molar-refractivity contribution in [2.24, 2.45) is 0 Å². The molecule has 0 radical (unpaired) electrons. The summed E-state index contributed by atoms with van der Waals surface area (Å²) in [7, 11) is 0. The zero-order valence-electron chi connectivity index (χ0n) is 35.5. The Bertz CT molecular complexity index is 4000. The molecular weight excluding hydrogens is 805 g/mol. The quantitative estimate of drug-likeness (QED) is 0.173. The molecule has 0 bridgehead atoms. The Labute approximate surface area is 378 Å². The van der Waals surface area contributed by atoms with E-state index in [1.165, 1.54) is 43.6 Å². The molecule has 6 nitrogen and oxygen atoms in total. The minimum Gasteiger partial charge on any atom is -0.309 e. The van der Waals surface area contributed by atoms with E-state index in [0.717, 1.165) is 77.5 Å². The number of hydrogen-bond donors (Lipinski definition) is 0. The molecule has 0 spiro atoms. The van der Waals surface area contributed by atoms with Crippen LogP contribution in [0.25, 0.3) is 121 Å². The van der Waals surface area contributed by atoms with E-state index < -0.39 is 0 Å². The standard InChI is InChI=1S/C60H36N6/c61-37-38-33-58(65-54-23-11-5-17-46(54)48-35-40(25-27-56(48)65)63-50-19-7-1-13-42(50)43-14-2-8-20-51(43)63)60(39-29-31-62-32-30-39)59(34-38)66-55-24-12-6-18-47(55)49-36-41(26-28-57(49)66)64-52-21-9-3-15-44(52)45-16-4-10-22-53(45)64/h1-36H. The fraction of sp³-hybridized carbons (Fsp3) is 0. The number of benzene rings is 9. The molecule has 5 aromatic heterocycles. The van der Waals surface area contributed by atoms with Crippen LogP contribution in [0.4, 0.5) is 0 Å². The molecule has 5 heterocycles. The lowest BCUT2D eigenvalue weighted by molar-refractivity contribution is 1.13. The van der Waals surface area contributed by atoms with E-state index in [1.807, 2.05) is 12.4 Å². The van der Waals surface area contributed by atoms with E-state index in [1.54, 1.807) is 0 Å². The molecular formula is C60H36N6. The Kier molecular flexibility index (Phi) is 7.65. The second-order valence-electron chi connectivity index (χ2n) is 17.1. The van der Waals surface area contributed by atoms with Gasteiger partial charge < -0.3 is 18.3 Å². The predicted molar refractivity (Wildman–Crippen MR) is 272 cm³/mol. The third kappa shape index (κ3) is 5.08. The summed E-state index contributed by atoms with van der Waals surface area (Å²) >= 11 is 0. The van der Waals surface area contributed by atoms with Gasteiger partial charge in [-0.3, -0.25) is 4.98 Å². The van der Waals surface area contributed by atoms with Crippen LogP contribution in [-0.4, -0.2) is 23.3 Å². The Morgan fingerprint density at radius 1 is 0.318 bits per heavy atom. The smallest absolute Gasteiger partial charge is 0.0993 e. The molecule has 14 aromatic rings. The Morgan fingerprint density at radius 2 is 0.636 bits per heavy atom. The molecule has 0 aliphatic rings. The highest BCUT2D eigenvalue weighted by Gasteiger charge is 2.24. The summed E-state index contributed by atoms with van der Waals surface area (Å²) in [6.07, 6.45) is 3.71. The maximum absolute atomic E-state index is 10.9. The van der Waals surface area contributed by atoms with E-state index in [9.17, 15) is 5.26 Å². The van der Waals surface area contributed by atoms with Crippen molar-refractivity contribution in [3.05, 3.63) is 224 Å². The van der Waals surface area contributed by atoms with Gasteiger partial charge in [0.05, 0.1) is 67.1 Å². The molecule has 66 heavy (non-hydrogen) atoms. The van der Waals surface area contributed by atoms with Gasteiger partial charge in [-0.15, -0.1) is 0 Å². The number of hydrogen-bond acceptors (Lipinski definition) is 2. The SMILES string of the molecule is N#Cc1cc(-n2c3ccccc3c3cc(-n4c5ccccc5c5ccccc54)ccc32)c(-c2ccncc2)c(-n2c3ccccc3c3cc(-n4c5ccccc5c5ccccc54)ccc32)c1. The van der Waals surface area contributed by atoms with Gasteiger partial charge in [0, 0.05) is 72.4 Å². The van der Waals surface area contributed by atoms with E-state index in [0.29, 0.717) is 5.56 Å². The van der Waals surface area contributed by atoms with Crippen LogP contribution < -0.4 is 0 Å². The number of fused-ring (bicyclic) bond motifs is 12. The average Bonchev–Trinajstić information content (AvgIpc) is 4.11. The number of para-hydroxylation sites is 6. The van der Waals surface area contributed by atoms with E-state index in [4.69, 9.17) is 0 Å². The molecule has 0 atom stereocenters. The molecule has 6 heteroatoms. The van der Waals surface area contributed by atoms with Gasteiger partial charge >= 0.3 is 0 Å². The van der Waals surface area contributed by atoms with Gasteiger partial charge in [0.2, 0.25) is 0 Å². The molecule has 0 fully saturated rings. The molecule has 9 aromatic carbocycles. The van der Waals surface area contributed by atoms with Gasteiger partial charge in [-0.25, -0.2) is 0 Å². The molecule has 0 amide bonds. The van der Waals surface area contributed by atoms with Gasteiger partial charge in [-0.2, -0.15) is 5.26 Å². The van der Waals surface area contributed by atoms with Crippen LogP contribution in [0.15, 0.2) is 219 Å². The van der Waals surface area contributed by atoms with Crippen molar-refractivity contribution in [3.8, 4) is 39.9 Å². The van der Waals surface area contributed by atoms with Crippen LogP contribution >= 0.6 is 0 Å². The van der Waals surface area contributed by atoms with Crippen LogP contribution in [0.3, 0.4) is 0 Å². The molecule has 306 valence electrons. The van der Waals surface area contributed by atoms with Gasteiger partial charge in [-0.1, -0.05) is 109 Å². The van der Waals surface area contributed by atoms with Crippen LogP contribution in [-0.2, 0) is 0 Å². The predicted octanol–water partition coefficient (Wildman–Crippen LogP) is 15.0. The highest BCUT2D eigenvalue weighted by Crippen LogP contribution is 2.44. The van der Waals surface area contributed by atoms with Crippen molar-refractivity contribution >= 4 is 87.2 Å². The van der Waals surface area contributed by atoms with Gasteiger partial charge in [-0.05, 0) is 103 Å². The largest absolute Gasteiger partial charge is 0.309 e. The summed E-state index contributed by atoms with van der Waals surface area (Å²) in [5, 5.41) is 20.4. The lowest BCUT2D eigenvalue weighted by atomic mass is 9.99. The van der Waals surface area contributed by atoms with E-state index in [-0.39, 0.29) is 0 Å². The lowest BCUT2D eigenvalue weighted by Gasteiger charge is -2.21. The van der Waals surface area contributed by atoms with Crippen molar-refractivity contribution in [3.63, 3.8) is 0 Å². The number of pyridine rings is 1. The number of nitrogens with zero attached hydrogens (tertiary/aromatic N) is 6. The van der Waals surface area contributed by atoms with Crippen LogP contribution in [0.1, 0.15) is 5.56 Å². The maximum Gasteiger partial charge on any atom is 0.0993 e. The molecule has 0 unspecified atom stereocenters. The lowest BCUT2D eigenvalue weighted by Crippen LogP contribution is -2.05. The zero-order valence-corrected chi connectivity index (χ0v) is 35.5. The minimum atomic E-state index is 0.568. The van der Waals surface area contributed by atoms with Crippen molar-refractivity contribution in [1.29, 1.82) is 5.26 Å². The molecule has 0 saturated heterocycles. The first-order valence-electron chi connectivity index (χ1n) is 22.3. The molecule has 0 aliphatic heterocycles. The Balaban J connectivity index is 1.05. The number of nitriles is 1. The first kappa shape index (κ1) is 36.3. The number of aromatic nitrogens is 5. The second kappa shape index (κ2) is 13.9. The second-order valence-corrected chi connectivity index (χ2v) is 17.1. The van der Waals surface area contributed by atoms with Crippen molar-refractivity contribution in [1.82, 2.24) is 23.3 Å². The highest BCUT2D eigenvalue weighted by molar-refractivity contribution is 6.15. The van der Waals surface area contributed by atoms with Gasteiger partial charge in [0.15, 0.2) is 0 Å². The van der Waals surface area contributed by atoms with E-state index in [2.05, 4.69) is 236 Å². The Morgan fingerprint density at radius 3 is 1.00 bits per heavy atom. The molecule has 0 N–H and O–H groups in total. The summed E-state index contributed by atoms with van der Waals surface area (Å²) < 4.78 is 9.47. The molecule has 0 saturated carbocycles. The monoisotopic (exact) mass is 840 g/mol. The average molecular weight is 841 g/mol. The maximum atomic E-state index is 10.9. The first-order chi connectivity index (χ1) is 32.7.